The first-order chi connectivity index (χ1) is 7.40. The number of nitrogens with two attached hydrogens (primary N) is 1. The van der Waals surface area contributed by atoms with Crippen LogP contribution in [0, 0.1) is 5.92 Å². The Kier molecular flexibility index (Phi) is 4.69. The third kappa shape index (κ3) is 4.46. The van der Waals surface area contributed by atoms with Crippen molar-refractivity contribution in [1.82, 2.24) is 5.32 Å². The maximum atomic E-state index is 11.6. The van der Waals surface area contributed by atoms with Crippen molar-refractivity contribution >= 4 is 15.7 Å². The van der Waals surface area contributed by atoms with E-state index in [1.165, 1.54) is 6.26 Å². The number of carbonyl (C=O) groups is 1. The average molecular weight is 250 g/mol. The largest absolute Gasteiger partial charge is 0.379 e. The molecule has 0 radical (unpaired) electrons. The molecule has 2 atom stereocenters. The smallest absolute Gasteiger partial charge is 0.227 e. The van der Waals surface area contributed by atoms with Crippen LogP contribution >= 0.6 is 0 Å². The van der Waals surface area contributed by atoms with Gasteiger partial charge in [-0.25, -0.2) is 8.42 Å². The molecule has 3 N–H and O–H groups in total. The highest BCUT2D eigenvalue weighted by molar-refractivity contribution is 7.90. The van der Waals surface area contributed by atoms with Crippen LogP contribution in [0.4, 0.5) is 0 Å². The minimum absolute atomic E-state index is 0.0838. The molecular weight excluding hydrogens is 232 g/mol. The zero-order valence-corrected chi connectivity index (χ0v) is 10.1. The minimum Gasteiger partial charge on any atom is -0.379 e. The molecule has 0 spiro atoms. The molecule has 7 heteroatoms. The molecule has 1 saturated heterocycles. The van der Waals surface area contributed by atoms with E-state index in [4.69, 9.17) is 10.5 Å². The van der Waals surface area contributed by atoms with Crippen LogP contribution < -0.4 is 11.1 Å². The van der Waals surface area contributed by atoms with Crippen LogP contribution in [0.15, 0.2) is 0 Å². The van der Waals surface area contributed by atoms with Crippen molar-refractivity contribution in [3.8, 4) is 0 Å². The van der Waals surface area contributed by atoms with Gasteiger partial charge in [-0.3, -0.25) is 4.79 Å². The summed E-state index contributed by atoms with van der Waals surface area (Å²) in [6.45, 7) is 1.11. The van der Waals surface area contributed by atoms with Crippen molar-refractivity contribution in [3.63, 3.8) is 0 Å². The number of carbonyl (C=O) groups excluding carboxylic acids is 1. The molecule has 2 unspecified atom stereocenters. The fourth-order valence-corrected chi connectivity index (χ4v) is 2.19. The highest BCUT2D eigenvalue weighted by Gasteiger charge is 2.30. The summed E-state index contributed by atoms with van der Waals surface area (Å²) in [5.74, 6) is -0.378. The molecule has 0 bridgehead atoms. The van der Waals surface area contributed by atoms with Crippen LogP contribution in [0.2, 0.25) is 0 Å². The van der Waals surface area contributed by atoms with Crippen LogP contribution in [0.5, 0.6) is 0 Å². The molecular formula is C9H18N2O4S. The molecule has 1 fully saturated rings. The van der Waals surface area contributed by atoms with Gasteiger partial charge in [0.15, 0.2) is 0 Å². The molecule has 1 aliphatic rings. The van der Waals surface area contributed by atoms with E-state index in [-0.39, 0.29) is 23.6 Å². The van der Waals surface area contributed by atoms with E-state index in [0.29, 0.717) is 26.2 Å². The van der Waals surface area contributed by atoms with Gasteiger partial charge in [-0.1, -0.05) is 0 Å². The molecule has 6 nitrogen and oxygen atoms in total. The van der Waals surface area contributed by atoms with E-state index in [0.717, 1.165) is 0 Å². The number of sulfone groups is 1. The van der Waals surface area contributed by atoms with E-state index in [9.17, 15) is 13.2 Å². The van der Waals surface area contributed by atoms with Crippen LogP contribution in [0.1, 0.15) is 6.42 Å². The lowest BCUT2D eigenvalue weighted by atomic mass is 10.0. The summed E-state index contributed by atoms with van der Waals surface area (Å²) in [4.78, 5) is 11.6. The first-order valence-corrected chi connectivity index (χ1v) is 7.25. The van der Waals surface area contributed by atoms with Gasteiger partial charge in [-0.05, 0) is 6.42 Å². The molecule has 94 valence electrons. The lowest BCUT2D eigenvalue weighted by Gasteiger charge is -2.12. The predicted molar refractivity (Wildman–Crippen MR) is 59.6 cm³/mol. The molecule has 0 aliphatic carbocycles. The van der Waals surface area contributed by atoms with Gasteiger partial charge in [0.1, 0.15) is 9.84 Å². The van der Waals surface area contributed by atoms with Crippen LogP contribution in [-0.4, -0.2) is 52.1 Å². The molecule has 16 heavy (non-hydrogen) atoms. The molecule has 0 aromatic heterocycles. The maximum absolute atomic E-state index is 11.6. The number of hydrogen-bond donors (Lipinski definition) is 2. The summed E-state index contributed by atoms with van der Waals surface area (Å²) in [7, 11) is -2.95. The third-order valence-electron chi connectivity index (χ3n) is 2.45. The Morgan fingerprint density at radius 3 is 2.69 bits per heavy atom. The SMILES string of the molecule is CS(=O)(=O)CCCNC(=O)C1COCC1N. The van der Waals surface area contributed by atoms with E-state index in [1.54, 1.807) is 0 Å². The fraction of sp³-hybridized carbons (Fsp3) is 0.889. The summed E-state index contributed by atoms with van der Waals surface area (Å²) in [5, 5.41) is 2.66. The fourth-order valence-electron chi connectivity index (χ4n) is 1.52. The average Bonchev–Trinajstić information content (AvgIpc) is 2.57. The van der Waals surface area contributed by atoms with Gasteiger partial charge in [0.25, 0.3) is 0 Å². The molecule has 0 aromatic carbocycles. The van der Waals surface area contributed by atoms with Crippen LogP contribution in [-0.2, 0) is 19.4 Å². The zero-order valence-electron chi connectivity index (χ0n) is 9.31. The third-order valence-corrected chi connectivity index (χ3v) is 3.48. The molecule has 1 rings (SSSR count). The highest BCUT2D eigenvalue weighted by atomic mass is 32.2. The Hall–Kier alpha value is -0.660. The molecule has 0 aromatic rings. The minimum atomic E-state index is -2.95. The monoisotopic (exact) mass is 250 g/mol. The van der Waals surface area contributed by atoms with Gasteiger partial charge in [-0.15, -0.1) is 0 Å². The van der Waals surface area contributed by atoms with Crippen LogP contribution in [0.25, 0.3) is 0 Å². The van der Waals surface area contributed by atoms with E-state index in [1.807, 2.05) is 0 Å². The molecule has 1 heterocycles. The van der Waals surface area contributed by atoms with Gasteiger partial charge in [0.2, 0.25) is 5.91 Å². The number of rotatable bonds is 5. The van der Waals surface area contributed by atoms with Crippen molar-refractivity contribution in [2.45, 2.75) is 12.5 Å². The molecule has 1 amide bonds. The highest BCUT2D eigenvalue weighted by Crippen LogP contribution is 2.11. The van der Waals surface area contributed by atoms with Gasteiger partial charge in [-0.2, -0.15) is 0 Å². The Labute approximate surface area is 95.4 Å². The molecule has 0 saturated carbocycles. The lowest BCUT2D eigenvalue weighted by molar-refractivity contribution is -0.125. The second-order valence-corrected chi connectivity index (χ2v) is 6.34. The van der Waals surface area contributed by atoms with Crippen molar-refractivity contribution in [2.75, 3.05) is 31.8 Å². The number of amides is 1. The predicted octanol–water partition coefficient (Wildman–Crippen LogP) is -1.49. The second-order valence-electron chi connectivity index (χ2n) is 4.08. The Bertz CT molecular complexity index is 341. The summed E-state index contributed by atoms with van der Waals surface area (Å²) < 4.78 is 26.7. The van der Waals surface area contributed by atoms with Crippen molar-refractivity contribution < 1.29 is 17.9 Å². The number of ether oxygens (including phenoxy) is 1. The number of nitrogens with one attached hydrogen (secondary N) is 1. The second kappa shape index (κ2) is 5.60. The summed E-state index contributed by atoms with van der Waals surface area (Å²) in [6.07, 6.45) is 1.60. The standard InChI is InChI=1S/C9H18N2O4S/c1-16(13,14)4-2-3-11-9(12)7-5-15-6-8(7)10/h7-8H,2-6,10H2,1H3,(H,11,12). The van der Waals surface area contributed by atoms with Crippen molar-refractivity contribution in [1.29, 1.82) is 0 Å². The van der Waals surface area contributed by atoms with E-state index >= 15 is 0 Å². The van der Waals surface area contributed by atoms with Crippen molar-refractivity contribution in [3.05, 3.63) is 0 Å². The first-order valence-electron chi connectivity index (χ1n) is 5.19. The van der Waals surface area contributed by atoms with Gasteiger partial charge < -0.3 is 15.8 Å². The lowest BCUT2D eigenvalue weighted by Crippen LogP contribution is -2.41. The van der Waals surface area contributed by atoms with E-state index < -0.39 is 9.84 Å². The molecule has 1 aliphatic heterocycles. The van der Waals surface area contributed by atoms with Gasteiger partial charge in [0, 0.05) is 18.8 Å². The maximum Gasteiger partial charge on any atom is 0.227 e. The van der Waals surface area contributed by atoms with Crippen molar-refractivity contribution in [2.24, 2.45) is 11.7 Å². The Morgan fingerprint density at radius 1 is 1.50 bits per heavy atom. The Morgan fingerprint density at radius 2 is 2.19 bits per heavy atom. The summed E-state index contributed by atoms with van der Waals surface area (Å²) in [5.41, 5.74) is 5.67. The van der Waals surface area contributed by atoms with Gasteiger partial charge in [0.05, 0.1) is 24.9 Å². The van der Waals surface area contributed by atoms with Crippen LogP contribution in [0.3, 0.4) is 0 Å². The Balaban J connectivity index is 2.20. The summed E-state index contributed by atoms with van der Waals surface area (Å²) >= 11 is 0. The number of hydrogen-bond acceptors (Lipinski definition) is 5. The first kappa shape index (κ1) is 13.4. The normalized spacial score (nSPS) is 25.6. The quantitative estimate of drug-likeness (QED) is 0.579. The summed E-state index contributed by atoms with van der Waals surface area (Å²) in [6, 6.07) is -0.255. The zero-order chi connectivity index (χ0) is 12.2. The topological polar surface area (TPSA) is 98.5 Å². The van der Waals surface area contributed by atoms with Gasteiger partial charge >= 0.3 is 0 Å². The van der Waals surface area contributed by atoms with E-state index in [2.05, 4.69) is 5.32 Å².